The molecule has 3 nitrogen and oxygen atoms in total. The second-order valence-electron chi connectivity index (χ2n) is 6.00. The molecule has 0 saturated heterocycles. The molecule has 118 valence electrons. The predicted octanol–water partition coefficient (Wildman–Crippen LogP) is 4.46. The molecule has 0 atom stereocenters. The van der Waals surface area contributed by atoms with E-state index in [2.05, 4.69) is 41.1 Å². The lowest BCUT2D eigenvalue weighted by Crippen LogP contribution is -2.29. The third kappa shape index (κ3) is 3.36. The quantitative estimate of drug-likeness (QED) is 0.853. The van der Waals surface area contributed by atoms with Crippen molar-refractivity contribution in [3.8, 4) is 5.75 Å². The number of nitrogens with zero attached hydrogens (tertiary/aromatic N) is 1. The molecule has 0 amide bonds. The summed E-state index contributed by atoms with van der Waals surface area (Å²) in [6.45, 7) is 8.45. The maximum atomic E-state index is 5.58. The Morgan fingerprint density at radius 1 is 1.23 bits per heavy atom. The average molecular weight is 298 g/mol. The van der Waals surface area contributed by atoms with Gasteiger partial charge in [-0.2, -0.15) is 0 Å². The van der Waals surface area contributed by atoms with Gasteiger partial charge in [-0.1, -0.05) is 19.4 Å². The van der Waals surface area contributed by atoms with Gasteiger partial charge in [-0.15, -0.1) is 0 Å². The van der Waals surface area contributed by atoms with Crippen LogP contribution in [0.5, 0.6) is 5.75 Å². The summed E-state index contributed by atoms with van der Waals surface area (Å²) in [5.74, 6) is 0.937. The minimum atomic E-state index is 0.706. The smallest absolute Gasteiger partial charge is 0.121 e. The molecule has 0 bridgehead atoms. The molecule has 22 heavy (non-hydrogen) atoms. The number of ether oxygens (including phenoxy) is 1. The second kappa shape index (κ2) is 7.01. The lowest BCUT2D eigenvalue weighted by Gasteiger charge is -2.25. The molecule has 1 aromatic heterocycles. The molecule has 0 saturated carbocycles. The van der Waals surface area contributed by atoms with Crippen molar-refractivity contribution >= 4 is 16.5 Å². The highest BCUT2D eigenvalue weighted by Gasteiger charge is 2.14. The SMILES string of the molecule is CCCCN1CC=C(c2cc3ccc(OCC)cc3[nH]2)CC1. The van der Waals surface area contributed by atoms with Crippen LogP contribution in [0, 0.1) is 0 Å². The summed E-state index contributed by atoms with van der Waals surface area (Å²) in [6, 6.07) is 8.54. The Morgan fingerprint density at radius 3 is 2.86 bits per heavy atom. The highest BCUT2D eigenvalue weighted by Crippen LogP contribution is 2.27. The fourth-order valence-corrected chi connectivity index (χ4v) is 3.08. The summed E-state index contributed by atoms with van der Waals surface area (Å²) in [5.41, 5.74) is 3.87. The zero-order valence-corrected chi connectivity index (χ0v) is 13.7. The maximum absolute atomic E-state index is 5.58. The maximum Gasteiger partial charge on any atom is 0.121 e. The minimum Gasteiger partial charge on any atom is -0.494 e. The van der Waals surface area contributed by atoms with Gasteiger partial charge in [0.15, 0.2) is 0 Å². The van der Waals surface area contributed by atoms with Gasteiger partial charge < -0.3 is 9.72 Å². The largest absolute Gasteiger partial charge is 0.494 e. The first-order valence-corrected chi connectivity index (χ1v) is 8.47. The number of benzene rings is 1. The number of aromatic nitrogens is 1. The van der Waals surface area contributed by atoms with Gasteiger partial charge in [0, 0.05) is 35.8 Å². The fraction of sp³-hybridized carbons (Fsp3) is 0.474. The monoisotopic (exact) mass is 298 g/mol. The molecule has 2 heterocycles. The minimum absolute atomic E-state index is 0.706. The van der Waals surface area contributed by atoms with Gasteiger partial charge in [0.25, 0.3) is 0 Å². The Labute approximate surface area is 133 Å². The van der Waals surface area contributed by atoms with Crippen molar-refractivity contribution in [1.82, 2.24) is 9.88 Å². The molecule has 3 heteroatoms. The molecular formula is C19H26N2O. The zero-order valence-electron chi connectivity index (χ0n) is 13.7. The van der Waals surface area contributed by atoms with Gasteiger partial charge in [0.05, 0.1) is 6.61 Å². The Hall–Kier alpha value is -1.74. The van der Waals surface area contributed by atoms with Gasteiger partial charge in [-0.3, -0.25) is 4.90 Å². The molecule has 1 aliphatic heterocycles. The second-order valence-corrected chi connectivity index (χ2v) is 6.00. The summed E-state index contributed by atoms with van der Waals surface area (Å²) >= 11 is 0. The van der Waals surface area contributed by atoms with Gasteiger partial charge >= 0.3 is 0 Å². The van der Waals surface area contributed by atoms with Crippen molar-refractivity contribution in [2.24, 2.45) is 0 Å². The molecule has 0 aliphatic carbocycles. The number of hydrogen-bond donors (Lipinski definition) is 1. The van der Waals surface area contributed by atoms with Crippen LogP contribution in [0.1, 0.15) is 38.8 Å². The van der Waals surface area contributed by atoms with E-state index in [9.17, 15) is 0 Å². The summed E-state index contributed by atoms with van der Waals surface area (Å²) in [5, 5.41) is 1.26. The highest BCUT2D eigenvalue weighted by atomic mass is 16.5. The molecule has 3 rings (SSSR count). The van der Waals surface area contributed by atoms with E-state index in [1.165, 1.54) is 42.6 Å². The van der Waals surface area contributed by atoms with Crippen LogP contribution >= 0.6 is 0 Å². The molecule has 0 unspecified atom stereocenters. The highest BCUT2D eigenvalue weighted by molar-refractivity contribution is 5.86. The predicted molar refractivity (Wildman–Crippen MR) is 93.4 cm³/mol. The van der Waals surface area contributed by atoms with E-state index in [1.54, 1.807) is 0 Å². The average Bonchev–Trinajstić information content (AvgIpc) is 2.97. The summed E-state index contributed by atoms with van der Waals surface area (Å²) < 4.78 is 5.58. The molecule has 0 spiro atoms. The fourth-order valence-electron chi connectivity index (χ4n) is 3.08. The Kier molecular flexibility index (Phi) is 4.84. The lowest BCUT2D eigenvalue weighted by molar-refractivity contribution is 0.297. The van der Waals surface area contributed by atoms with Crippen LogP contribution in [0.2, 0.25) is 0 Å². The van der Waals surface area contributed by atoms with E-state index >= 15 is 0 Å². The standard InChI is InChI=1S/C19H26N2O/c1-3-5-10-21-11-8-15(9-12-21)18-13-16-6-7-17(22-4-2)14-19(16)20-18/h6-8,13-14,20H,3-5,9-12H2,1-2H3. The Bertz CT molecular complexity index is 656. The summed E-state index contributed by atoms with van der Waals surface area (Å²) in [4.78, 5) is 6.10. The van der Waals surface area contributed by atoms with Crippen molar-refractivity contribution in [1.29, 1.82) is 0 Å². The molecule has 2 aromatic rings. The van der Waals surface area contributed by atoms with Crippen LogP contribution in [0.15, 0.2) is 30.3 Å². The topological polar surface area (TPSA) is 28.3 Å². The van der Waals surface area contributed by atoms with Gasteiger partial charge in [0.1, 0.15) is 5.75 Å². The third-order valence-electron chi connectivity index (χ3n) is 4.37. The lowest BCUT2D eigenvalue weighted by atomic mass is 10.0. The van der Waals surface area contributed by atoms with Gasteiger partial charge in [0.2, 0.25) is 0 Å². The first kappa shape index (κ1) is 15.2. The molecule has 1 N–H and O–H groups in total. The van der Waals surface area contributed by atoms with Gasteiger partial charge in [-0.05, 0) is 50.1 Å². The normalized spacial score (nSPS) is 16.0. The molecular weight excluding hydrogens is 272 g/mol. The van der Waals surface area contributed by atoms with Crippen molar-refractivity contribution < 1.29 is 4.74 Å². The number of nitrogens with one attached hydrogen (secondary N) is 1. The molecule has 1 aromatic carbocycles. The van der Waals surface area contributed by atoms with Crippen LogP contribution in [-0.2, 0) is 0 Å². The van der Waals surface area contributed by atoms with E-state index in [1.807, 2.05) is 13.0 Å². The van der Waals surface area contributed by atoms with Crippen LogP contribution in [0.4, 0.5) is 0 Å². The van der Waals surface area contributed by atoms with E-state index < -0.39 is 0 Å². The first-order valence-electron chi connectivity index (χ1n) is 8.47. The number of rotatable bonds is 6. The zero-order chi connectivity index (χ0) is 15.4. The summed E-state index contributed by atoms with van der Waals surface area (Å²) in [6.07, 6.45) is 6.09. The van der Waals surface area contributed by atoms with Crippen molar-refractivity contribution in [2.45, 2.75) is 33.1 Å². The van der Waals surface area contributed by atoms with E-state index in [-0.39, 0.29) is 0 Å². The van der Waals surface area contributed by atoms with Crippen LogP contribution in [0.3, 0.4) is 0 Å². The van der Waals surface area contributed by atoms with Gasteiger partial charge in [-0.25, -0.2) is 0 Å². The van der Waals surface area contributed by atoms with Crippen molar-refractivity contribution in [2.75, 3.05) is 26.2 Å². The molecule has 0 fully saturated rings. The summed E-state index contributed by atoms with van der Waals surface area (Å²) in [7, 11) is 0. The van der Waals surface area contributed by atoms with Crippen LogP contribution in [0.25, 0.3) is 16.5 Å². The number of H-pyrrole nitrogens is 1. The van der Waals surface area contributed by atoms with Crippen molar-refractivity contribution in [3.05, 3.63) is 36.0 Å². The van der Waals surface area contributed by atoms with Crippen LogP contribution in [-0.4, -0.2) is 36.1 Å². The molecule has 1 aliphatic rings. The van der Waals surface area contributed by atoms with Crippen LogP contribution < -0.4 is 4.74 Å². The van der Waals surface area contributed by atoms with E-state index in [4.69, 9.17) is 4.74 Å². The Morgan fingerprint density at radius 2 is 2.14 bits per heavy atom. The number of unbranched alkanes of at least 4 members (excludes halogenated alkanes) is 1. The number of fused-ring (bicyclic) bond motifs is 1. The van der Waals surface area contributed by atoms with Crippen molar-refractivity contribution in [3.63, 3.8) is 0 Å². The first-order chi connectivity index (χ1) is 10.8. The molecule has 0 radical (unpaired) electrons. The number of hydrogen-bond acceptors (Lipinski definition) is 2. The van der Waals surface area contributed by atoms with E-state index in [0.717, 1.165) is 24.2 Å². The Balaban J connectivity index is 1.75. The van der Waals surface area contributed by atoms with E-state index in [0.29, 0.717) is 6.61 Å². The number of aromatic amines is 1. The third-order valence-corrected chi connectivity index (χ3v) is 4.37.